The molecule has 1 atom stereocenters. The number of aryl methyl sites for hydroxylation is 1. The molecule has 0 aliphatic rings. The van der Waals surface area contributed by atoms with Crippen molar-refractivity contribution in [2.75, 3.05) is 7.11 Å². The lowest BCUT2D eigenvalue weighted by molar-refractivity contribution is -0.121. The normalized spacial score (nSPS) is 11.9. The number of alkyl halides is 1. The van der Waals surface area contributed by atoms with Crippen molar-refractivity contribution in [1.29, 1.82) is 0 Å². The maximum atomic E-state index is 12.0. The van der Waals surface area contributed by atoms with Gasteiger partial charge in [-0.1, -0.05) is 12.1 Å². The lowest BCUT2D eigenvalue weighted by atomic mass is 10.1. The summed E-state index contributed by atoms with van der Waals surface area (Å²) in [6.07, 6.45) is 1.79. The van der Waals surface area contributed by atoms with Gasteiger partial charge in [0, 0.05) is 11.1 Å². The number of benzene rings is 1. The van der Waals surface area contributed by atoms with Gasteiger partial charge in [-0.25, -0.2) is 4.98 Å². The van der Waals surface area contributed by atoms with Gasteiger partial charge in [-0.15, -0.1) is 22.9 Å². The summed E-state index contributed by atoms with van der Waals surface area (Å²) in [5, 5.41) is 2.93. The Morgan fingerprint density at radius 1 is 1.45 bits per heavy atom. The number of halogens is 1. The van der Waals surface area contributed by atoms with Crippen molar-refractivity contribution in [2.45, 2.75) is 18.8 Å². The van der Waals surface area contributed by atoms with Crippen LogP contribution >= 0.6 is 22.9 Å². The van der Waals surface area contributed by atoms with Crippen LogP contribution in [0.25, 0.3) is 0 Å². The Morgan fingerprint density at radius 3 is 2.70 bits per heavy atom. The molecule has 4 nitrogen and oxygen atoms in total. The summed E-state index contributed by atoms with van der Waals surface area (Å²) in [4.78, 5) is 17.3. The van der Waals surface area contributed by atoms with Gasteiger partial charge in [0.15, 0.2) is 0 Å². The van der Waals surface area contributed by atoms with Crippen LogP contribution in [0.4, 0.5) is 0 Å². The highest BCUT2D eigenvalue weighted by Gasteiger charge is 2.17. The van der Waals surface area contributed by atoms with Crippen molar-refractivity contribution in [3.63, 3.8) is 0 Å². The van der Waals surface area contributed by atoms with Gasteiger partial charge in [0.25, 0.3) is 0 Å². The van der Waals surface area contributed by atoms with Gasteiger partial charge >= 0.3 is 0 Å². The Balaban J connectivity index is 1.93. The topological polar surface area (TPSA) is 51.2 Å². The number of hydrogen-bond donors (Lipinski definition) is 1. The lowest BCUT2D eigenvalue weighted by Gasteiger charge is -2.10. The third kappa shape index (κ3) is 3.71. The van der Waals surface area contributed by atoms with E-state index in [1.807, 2.05) is 6.92 Å². The molecule has 0 saturated carbocycles. The number of hydrogen-bond acceptors (Lipinski definition) is 4. The molecule has 2 rings (SSSR count). The standard InChI is InChI=1S/C14H15ClN2O2S/c1-9-7-16-12(20-9)8-17-14(18)13(15)10-3-5-11(19-2)6-4-10/h3-7,13H,8H2,1-2H3,(H,17,18). The number of thiazole rings is 1. The second-order valence-electron chi connectivity index (χ2n) is 4.22. The molecule has 0 aliphatic carbocycles. The van der Waals surface area contributed by atoms with E-state index in [0.29, 0.717) is 6.54 Å². The van der Waals surface area contributed by atoms with Gasteiger partial charge in [0.2, 0.25) is 5.91 Å². The maximum Gasteiger partial charge on any atom is 0.242 e. The van der Waals surface area contributed by atoms with E-state index in [9.17, 15) is 4.79 Å². The number of nitrogens with zero attached hydrogens (tertiary/aromatic N) is 1. The molecule has 106 valence electrons. The first kappa shape index (κ1) is 14.8. The number of rotatable bonds is 5. The molecular formula is C14H15ClN2O2S. The molecule has 0 aliphatic heterocycles. The van der Waals surface area contributed by atoms with Crippen LogP contribution in [0, 0.1) is 6.92 Å². The van der Waals surface area contributed by atoms with Crippen LogP contribution in [0.5, 0.6) is 5.75 Å². The first-order chi connectivity index (χ1) is 9.60. The second-order valence-corrected chi connectivity index (χ2v) is 5.97. The summed E-state index contributed by atoms with van der Waals surface area (Å²) in [6, 6.07) is 7.12. The summed E-state index contributed by atoms with van der Waals surface area (Å²) in [7, 11) is 1.59. The molecule has 1 unspecified atom stereocenters. The van der Waals surface area contributed by atoms with Crippen LogP contribution in [0.3, 0.4) is 0 Å². The fourth-order valence-corrected chi connectivity index (χ4v) is 2.61. The van der Waals surface area contributed by atoms with Crippen LogP contribution < -0.4 is 10.1 Å². The van der Waals surface area contributed by atoms with Crippen LogP contribution in [-0.2, 0) is 11.3 Å². The molecule has 0 fully saturated rings. The maximum absolute atomic E-state index is 12.0. The van der Waals surface area contributed by atoms with Gasteiger partial charge in [-0.2, -0.15) is 0 Å². The molecular weight excluding hydrogens is 296 g/mol. The minimum atomic E-state index is -0.720. The average molecular weight is 311 g/mol. The summed E-state index contributed by atoms with van der Waals surface area (Å²) in [5.41, 5.74) is 0.736. The molecule has 1 heterocycles. The lowest BCUT2D eigenvalue weighted by Crippen LogP contribution is -2.26. The fourth-order valence-electron chi connectivity index (χ4n) is 1.66. The Labute approximate surface area is 126 Å². The first-order valence-electron chi connectivity index (χ1n) is 6.07. The van der Waals surface area contributed by atoms with Crippen molar-refractivity contribution < 1.29 is 9.53 Å². The number of nitrogens with one attached hydrogen (secondary N) is 1. The number of amides is 1. The van der Waals surface area contributed by atoms with Crippen molar-refractivity contribution in [1.82, 2.24) is 10.3 Å². The zero-order chi connectivity index (χ0) is 14.5. The number of carbonyl (C=O) groups excluding carboxylic acids is 1. The van der Waals surface area contributed by atoms with E-state index >= 15 is 0 Å². The number of aromatic nitrogens is 1. The number of carbonyl (C=O) groups is 1. The smallest absolute Gasteiger partial charge is 0.242 e. The molecule has 6 heteroatoms. The van der Waals surface area contributed by atoms with Crippen LogP contribution in [0.1, 0.15) is 20.8 Å². The highest BCUT2D eigenvalue weighted by Crippen LogP contribution is 2.23. The SMILES string of the molecule is COc1ccc(C(Cl)C(=O)NCc2ncc(C)s2)cc1. The van der Waals surface area contributed by atoms with Crippen molar-refractivity contribution in [2.24, 2.45) is 0 Å². The first-order valence-corrected chi connectivity index (χ1v) is 7.32. The molecule has 20 heavy (non-hydrogen) atoms. The van der Waals surface area contributed by atoms with Gasteiger partial charge in [0.05, 0.1) is 13.7 Å². The molecule has 2 aromatic rings. The van der Waals surface area contributed by atoms with Crippen molar-refractivity contribution >= 4 is 28.8 Å². The largest absolute Gasteiger partial charge is 0.497 e. The van der Waals surface area contributed by atoms with Gasteiger partial charge in [-0.05, 0) is 24.6 Å². The van der Waals surface area contributed by atoms with E-state index < -0.39 is 5.38 Å². The molecule has 1 aromatic heterocycles. The summed E-state index contributed by atoms with van der Waals surface area (Å²) >= 11 is 7.71. The van der Waals surface area contributed by atoms with E-state index in [0.717, 1.165) is 21.2 Å². The minimum Gasteiger partial charge on any atom is -0.497 e. The van der Waals surface area contributed by atoms with Gasteiger partial charge in [0.1, 0.15) is 16.1 Å². The monoisotopic (exact) mass is 310 g/mol. The molecule has 1 N–H and O–H groups in total. The Hall–Kier alpha value is -1.59. The van der Waals surface area contributed by atoms with Crippen LogP contribution in [0.2, 0.25) is 0 Å². The zero-order valence-corrected chi connectivity index (χ0v) is 12.8. The van der Waals surface area contributed by atoms with Crippen LogP contribution in [0.15, 0.2) is 30.5 Å². The molecule has 1 amide bonds. The quantitative estimate of drug-likeness (QED) is 0.864. The summed E-state index contributed by atoms with van der Waals surface area (Å²) in [6.45, 7) is 2.38. The van der Waals surface area contributed by atoms with E-state index in [2.05, 4.69) is 10.3 Å². The highest BCUT2D eigenvalue weighted by atomic mass is 35.5. The molecule has 0 radical (unpaired) electrons. The van der Waals surface area contributed by atoms with E-state index in [-0.39, 0.29) is 5.91 Å². The van der Waals surface area contributed by atoms with E-state index in [4.69, 9.17) is 16.3 Å². The van der Waals surface area contributed by atoms with Gasteiger partial charge < -0.3 is 10.1 Å². The number of ether oxygens (including phenoxy) is 1. The summed E-state index contributed by atoms with van der Waals surface area (Å²) in [5.74, 6) is 0.501. The average Bonchev–Trinajstić information content (AvgIpc) is 2.89. The van der Waals surface area contributed by atoms with Gasteiger partial charge in [-0.3, -0.25) is 4.79 Å². The predicted octanol–water partition coefficient (Wildman–Crippen LogP) is 3.06. The van der Waals surface area contributed by atoms with Crippen molar-refractivity contribution in [3.8, 4) is 5.75 Å². The second kappa shape index (κ2) is 6.72. The minimum absolute atomic E-state index is 0.232. The van der Waals surface area contributed by atoms with E-state index in [1.165, 1.54) is 0 Å². The molecule has 1 aromatic carbocycles. The van der Waals surface area contributed by atoms with Crippen LogP contribution in [-0.4, -0.2) is 18.0 Å². The highest BCUT2D eigenvalue weighted by molar-refractivity contribution is 7.11. The molecule has 0 bridgehead atoms. The fraction of sp³-hybridized carbons (Fsp3) is 0.286. The summed E-state index contributed by atoms with van der Waals surface area (Å²) < 4.78 is 5.07. The molecule has 0 spiro atoms. The zero-order valence-electron chi connectivity index (χ0n) is 11.2. The number of methoxy groups -OCH3 is 1. The predicted molar refractivity (Wildman–Crippen MR) is 80.3 cm³/mol. The third-order valence-electron chi connectivity index (χ3n) is 2.72. The molecule has 0 saturated heterocycles. The third-order valence-corrected chi connectivity index (χ3v) is 4.08. The Kier molecular flexibility index (Phi) is 4.98. The Bertz CT molecular complexity index is 583. The van der Waals surface area contributed by atoms with Crippen molar-refractivity contribution in [3.05, 3.63) is 45.9 Å². The Morgan fingerprint density at radius 2 is 2.15 bits per heavy atom. The van der Waals surface area contributed by atoms with E-state index in [1.54, 1.807) is 48.9 Å².